The molecule has 0 bridgehead atoms. The van der Waals surface area contributed by atoms with Gasteiger partial charge in [-0.1, -0.05) is 23.2 Å². The molecule has 1 aromatic carbocycles. The number of nitrogens with zero attached hydrogens (tertiary/aromatic N) is 1. The van der Waals surface area contributed by atoms with Gasteiger partial charge in [-0.2, -0.15) is 0 Å². The van der Waals surface area contributed by atoms with Gasteiger partial charge >= 0.3 is 0 Å². The monoisotopic (exact) mass is 296 g/mol. The van der Waals surface area contributed by atoms with Gasteiger partial charge < -0.3 is 10.1 Å². The van der Waals surface area contributed by atoms with E-state index in [1.807, 2.05) is 19.2 Å². The van der Waals surface area contributed by atoms with Gasteiger partial charge in [0.1, 0.15) is 5.75 Å². The van der Waals surface area contributed by atoms with Gasteiger partial charge in [0.05, 0.1) is 19.3 Å². The maximum atomic E-state index is 6.24. The van der Waals surface area contributed by atoms with E-state index in [2.05, 4.69) is 10.3 Å². The first-order valence-electron chi connectivity index (χ1n) is 5.77. The Hall–Kier alpha value is -1.29. The second kappa shape index (κ2) is 6.24. The molecule has 0 spiro atoms. The molecule has 0 aliphatic carbocycles. The molecule has 1 atom stereocenters. The van der Waals surface area contributed by atoms with E-state index < -0.39 is 0 Å². The largest absolute Gasteiger partial charge is 0.495 e. The summed E-state index contributed by atoms with van der Waals surface area (Å²) in [6, 6.07) is 7.24. The Morgan fingerprint density at radius 2 is 2.00 bits per heavy atom. The van der Waals surface area contributed by atoms with Crippen molar-refractivity contribution in [3.63, 3.8) is 0 Å². The SMILES string of the molecule is CNC(c1cncc(OC)c1)c1cc(Cl)ccc1Cl. The standard InChI is InChI=1S/C14H14Cl2N2O/c1-17-14(9-5-11(19-2)8-18-7-9)12-6-10(15)3-4-13(12)16/h3-8,14,17H,1-2H3. The number of methoxy groups -OCH3 is 1. The molecule has 5 heteroatoms. The molecule has 2 aromatic rings. The topological polar surface area (TPSA) is 34.2 Å². The van der Waals surface area contributed by atoms with Crippen LogP contribution in [0.4, 0.5) is 0 Å². The maximum absolute atomic E-state index is 6.24. The molecule has 2 rings (SSSR count). The van der Waals surface area contributed by atoms with Gasteiger partial charge in [-0.3, -0.25) is 4.98 Å². The van der Waals surface area contributed by atoms with Crippen LogP contribution in [0.3, 0.4) is 0 Å². The molecule has 19 heavy (non-hydrogen) atoms. The molecular weight excluding hydrogens is 283 g/mol. The van der Waals surface area contributed by atoms with Gasteiger partial charge in [-0.25, -0.2) is 0 Å². The Bertz CT molecular complexity index is 575. The van der Waals surface area contributed by atoms with Crippen molar-refractivity contribution >= 4 is 23.2 Å². The summed E-state index contributed by atoms with van der Waals surface area (Å²) >= 11 is 12.3. The third-order valence-corrected chi connectivity index (χ3v) is 3.44. The molecule has 0 saturated carbocycles. The van der Waals surface area contributed by atoms with Crippen molar-refractivity contribution in [2.75, 3.05) is 14.2 Å². The molecule has 0 fully saturated rings. The second-order valence-corrected chi connectivity index (χ2v) is 4.89. The van der Waals surface area contributed by atoms with Crippen LogP contribution in [0, 0.1) is 0 Å². The predicted molar refractivity (Wildman–Crippen MR) is 78.2 cm³/mol. The first-order chi connectivity index (χ1) is 9.15. The van der Waals surface area contributed by atoms with E-state index in [9.17, 15) is 0 Å². The zero-order valence-electron chi connectivity index (χ0n) is 10.7. The first kappa shape index (κ1) is 14.1. The lowest BCUT2D eigenvalue weighted by atomic mass is 10.0. The van der Waals surface area contributed by atoms with Crippen molar-refractivity contribution in [3.8, 4) is 5.75 Å². The van der Waals surface area contributed by atoms with Crippen LogP contribution >= 0.6 is 23.2 Å². The molecule has 1 heterocycles. The summed E-state index contributed by atoms with van der Waals surface area (Å²) in [6.07, 6.45) is 3.44. The van der Waals surface area contributed by atoms with Crippen LogP contribution < -0.4 is 10.1 Å². The molecule has 0 aliphatic rings. The number of benzene rings is 1. The summed E-state index contributed by atoms with van der Waals surface area (Å²) in [4.78, 5) is 4.16. The third kappa shape index (κ3) is 3.18. The Morgan fingerprint density at radius 3 is 2.68 bits per heavy atom. The zero-order chi connectivity index (χ0) is 13.8. The quantitative estimate of drug-likeness (QED) is 0.934. The molecule has 1 unspecified atom stereocenters. The van der Waals surface area contributed by atoms with E-state index in [0.29, 0.717) is 15.8 Å². The predicted octanol–water partition coefficient (Wildman–Crippen LogP) is 3.71. The van der Waals surface area contributed by atoms with Crippen molar-refractivity contribution in [3.05, 3.63) is 57.8 Å². The van der Waals surface area contributed by atoms with Crippen LogP contribution in [-0.2, 0) is 0 Å². The highest BCUT2D eigenvalue weighted by Crippen LogP contribution is 2.31. The van der Waals surface area contributed by atoms with Crippen LogP contribution in [-0.4, -0.2) is 19.1 Å². The molecule has 0 aliphatic heterocycles. The molecule has 100 valence electrons. The average molecular weight is 297 g/mol. The van der Waals surface area contributed by atoms with Gasteiger partial charge in [0, 0.05) is 16.2 Å². The van der Waals surface area contributed by atoms with Crippen LogP contribution in [0.2, 0.25) is 10.0 Å². The van der Waals surface area contributed by atoms with E-state index in [1.165, 1.54) is 0 Å². The lowest BCUT2D eigenvalue weighted by Gasteiger charge is -2.19. The number of nitrogens with one attached hydrogen (secondary N) is 1. The van der Waals surface area contributed by atoms with Gasteiger partial charge in [-0.15, -0.1) is 0 Å². The smallest absolute Gasteiger partial charge is 0.137 e. The molecule has 0 amide bonds. The number of rotatable bonds is 4. The molecule has 1 N–H and O–H groups in total. The average Bonchev–Trinajstić information content (AvgIpc) is 2.44. The summed E-state index contributed by atoms with van der Waals surface area (Å²) in [5, 5.41) is 4.52. The van der Waals surface area contributed by atoms with Crippen molar-refractivity contribution in [1.82, 2.24) is 10.3 Å². The van der Waals surface area contributed by atoms with Crippen molar-refractivity contribution in [2.45, 2.75) is 6.04 Å². The van der Waals surface area contributed by atoms with E-state index >= 15 is 0 Å². The second-order valence-electron chi connectivity index (χ2n) is 4.05. The lowest BCUT2D eigenvalue weighted by Crippen LogP contribution is -2.18. The normalized spacial score (nSPS) is 12.2. The number of halogens is 2. The highest BCUT2D eigenvalue weighted by molar-refractivity contribution is 6.33. The van der Waals surface area contributed by atoms with Gasteiger partial charge in [-0.05, 0) is 42.4 Å². The maximum Gasteiger partial charge on any atom is 0.137 e. The van der Waals surface area contributed by atoms with Crippen LogP contribution in [0.15, 0.2) is 36.7 Å². The minimum absolute atomic E-state index is 0.0891. The molecular formula is C14H14Cl2N2O. The third-order valence-electron chi connectivity index (χ3n) is 2.86. The Labute approximate surface area is 122 Å². The first-order valence-corrected chi connectivity index (χ1v) is 6.52. The zero-order valence-corrected chi connectivity index (χ0v) is 12.2. The van der Waals surface area contributed by atoms with Gasteiger partial charge in [0.25, 0.3) is 0 Å². The van der Waals surface area contributed by atoms with E-state index in [0.717, 1.165) is 11.1 Å². The van der Waals surface area contributed by atoms with Crippen LogP contribution in [0.25, 0.3) is 0 Å². The van der Waals surface area contributed by atoms with E-state index in [4.69, 9.17) is 27.9 Å². The van der Waals surface area contributed by atoms with Crippen molar-refractivity contribution in [2.24, 2.45) is 0 Å². The van der Waals surface area contributed by atoms with Crippen LogP contribution in [0.5, 0.6) is 5.75 Å². The lowest BCUT2D eigenvalue weighted by molar-refractivity contribution is 0.411. The summed E-state index contributed by atoms with van der Waals surface area (Å²) in [5.74, 6) is 0.705. The van der Waals surface area contributed by atoms with Gasteiger partial charge in [0.2, 0.25) is 0 Å². The molecule has 0 saturated heterocycles. The van der Waals surface area contributed by atoms with Crippen molar-refractivity contribution in [1.29, 1.82) is 0 Å². The summed E-state index contributed by atoms with van der Waals surface area (Å²) in [7, 11) is 3.48. The van der Waals surface area contributed by atoms with Crippen LogP contribution in [0.1, 0.15) is 17.2 Å². The minimum atomic E-state index is -0.0891. The molecule has 1 aromatic heterocycles. The summed E-state index contributed by atoms with van der Waals surface area (Å²) in [5.41, 5.74) is 1.87. The summed E-state index contributed by atoms with van der Waals surface area (Å²) < 4.78 is 5.19. The Kier molecular flexibility index (Phi) is 4.64. The Balaban J connectivity index is 2.46. The molecule has 0 radical (unpaired) electrons. The number of hydrogen-bond acceptors (Lipinski definition) is 3. The fraction of sp³-hybridized carbons (Fsp3) is 0.214. The van der Waals surface area contributed by atoms with Gasteiger partial charge in [0.15, 0.2) is 0 Å². The summed E-state index contributed by atoms with van der Waals surface area (Å²) in [6.45, 7) is 0. The highest BCUT2D eigenvalue weighted by Gasteiger charge is 2.16. The Morgan fingerprint density at radius 1 is 1.21 bits per heavy atom. The van der Waals surface area contributed by atoms with E-state index in [1.54, 1.807) is 31.6 Å². The number of ether oxygens (including phenoxy) is 1. The van der Waals surface area contributed by atoms with Crippen molar-refractivity contribution < 1.29 is 4.74 Å². The fourth-order valence-corrected chi connectivity index (χ4v) is 2.35. The fourth-order valence-electron chi connectivity index (χ4n) is 1.94. The number of hydrogen-bond donors (Lipinski definition) is 1. The minimum Gasteiger partial charge on any atom is -0.495 e. The van der Waals surface area contributed by atoms with E-state index in [-0.39, 0.29) is 6.04 Å². The molecule has 3 nitrogen and oxygen atoms in total. The highest BCUT2D eigenvalue weighted by atomic mass is 35.5. The number of pyridine rings is 1. The number of aromatic nitrogens is 1.